The summed E-state index contributed by atoms with van der Waals surface area (Å²) in [7, 11) is 1.17. The molecule has 3 aromatic rings. The number of anilines is 1. The van der Waals surface area contributed by atoms with E-state index in [9.17, 15) is 14.3 Å². The number of nitrogens with two attached hydrogens (primary N) is 1. The fourth-order valence-corrected chi connectivity index (χ4v) is 2.63. The van der Waals surface area contributed by atoms with Crippen LogP contribution in [0.15, 0.2) is 18.2 Å². The third kappa shape index (κ3) is 3.80. The van der Waals surface area contributed by atoms with Gasteiger partial charge < -0.3 is 20.3 Å². The van der Waals surface area contributed by atoms with Crippen LogP contribution in [0.25, 0.3) is 11.2 Å². The van der Waals surface area contributed by atoms with Crippen LogP contribution in [0.2, 0.25) is 0 Å². The second-order valence-corrected chi connectivity index (χ2v) is 6.07. The zero-order valence-electron chi connectivity index (χ0n) is 15.5. The number of ether oxygens (including phenoxy) is 2. The topological polar surface area (TPSA) is 125 Å². The molecule has 3 N–H and O–H groups in total. The summed E-state index contributed by atoms with van der Waals surface area (Å²) in [5, 5.41) is 10.2. The molecule has 0 saturated heterocycles. The van der Waals surface area contributed by atoms with E-state index in [0.29, 0.717) is 12.2 Å². The zero-order valence-corrected chi connectivity index (χ0v) is 15.5. The molecule has 0 saturated carbocycles. The molecule has 0 amide bonds. The number of methoxy groups -OCH3 is 1. The number of fused-ring (bicyclic) bond motifs is 1. The van der Waals surface area contributed by atoms with E-state index in [2.05, 4.69) is 19.7 Å². The van der Waals surface area contributed by atoms with Crippen molar-refractivity contribution in [2.24, 2.45) is 0 Å². The number of carbonyl (C=O) groups excluding carboxylic acids is 1. The molecule has 10 heteroatoms. The van der Waals surface area contributed by atoms with E-state index in [4.69, 9.17) is 10.5 Å². The van der Waals surface area contributed by atoms with Crippen LogP contribution in [0.5, 0.6) is 12.0 Å². The molecule has 0 unspecified atom stereocenters. The smallest absolute Gasteiger partial charge is 0.340 e. The highest BCUT2D eigenvalue weighted by Crippen LogP contribution is 2.26. The van der Waals surface area contributed by atoms with Gasteiger partial charge >= 0.3 is 12.0 Å². The van der Waals surface area contributed by atoms with Gasteiger partial charge in [-0.3, -0.25) is 4.57 Å². The molecule has 2 heterocycles. The van der Waals surface area contributed by atoms with Gasteiger partial charge in [-0.25, -0.2) is 9.18 Å². The number of halogens is 1. The van der Waals surface area contributed by atoms with Crippen molar-refractivity contribution in [3.05, 3.63) is 35.1 Å². The van der Waals surface area contributed by atoms with E-state index in [0.717, 1.165) is 18.9 Å². The van der Waals surface area contributed by atoms with Crippen LogP contribution in [0.3, 0.4) is 0 Å². The molecule has 0 aliphatic rings. The molecule has 9 nitrogen and oxygen atoms in total. The number of aromatic nitrogens is 4. The number of unbranched alkanes of at least 4 members (excludes halogenated alkanes) is 1. The lowest BCUT2D eigenvalue weighted by Gasteiger charge is -2.09. The number of hydrogen-bond donors (Lipinski definition) is 2. The van der Waals surface area contributed by atoms with Crippen LogP contribution in [0, 0.1) is 5.82 Å². The van der Waals surface area contributed by atoms with Gasteiger partial charge in [-0.1, -0.05) is 19.4 Å². The zero-order chi connectivity index (χ0) is 20.3. The Morgan fingerprint density at radius 1 is 1.32 bits per heavy atom. The summed E-state index contributed by atoms with van der Waals surface area (Å²) >= 11 is 0. The van der Waals surface area contributed by atoms with E-state index >= 15 is 0 Å². The number of carbonyl (C=O) groups is 1. The maximum atomic E-state index is 13.8. The normalized spacial score (nSPS) is 11.0. The summed E-state index contributed by atoms with van der Waals surface area (Å²) in [6.45, 7) is 2.53. The Balaban J connectivity index is 1.99. The van der Waals surface area contributed by atoms with Crippen LogP contribution in [-0.2, 0) is 11.3 Å². The lowest BCUT2D eigenvalue weighted by atomic mass is 10.1. The summed E-state index contributed by atoms with van der Waals surface area (Å²) in [6.07, 6.45) is 1.78. The minimum atomic E-state index is -0.794. The van der Waals surface area contributed by atoms with Crippen molar-refractivity contribution in [1.29, 1.82) is 0 Å². The SMILES string of the molecule is CCCCOc1nc(N)c2nc(O)n(Cc3ccc(F)c(C(=O)OC)c3)c2n1. The molecule has 0 atom stereocenters. The van der Waals surface area contributed by atoms with Crippen molar-refractivity contribution >= 4 is 23.0 Å². The number of imidazole rings is 1. The Bertz CT molecular complexity index is 1020. The monoisotopic (exact) mass is 389 g/mol. The van der Waals surface area contributed by atoms with Crippen LogP contribution in [0.4, 0.5) is 10.2 Å². The Morgan fingerprint density at radius 3 is 2.82 bits per heavy atom. The van der Waals surface area contributed by atoms with Gasteiger partial charge in [0.25, 0.3) is 6.01 Å². The quantitative estimate of drug-likeness (QED) is 0.466. The fraction of sp³-hybridized carbons (Fsp3) is 0.333. The molecular weight excluding hydrogens is 369 g/mol. The highest BCUT2D eigenvalue weighted by molar-refractivity contribution is 5.89. The molecule has 28 heavy (non-hydrogen) atoms. The molecule has 148 valence electrons. The number of aromatic hydroxyl groups is 1. The van der Waals surface area contributed by atoms with E-state index in [1.165, 1.54) is 23.8 Å². The Labute approximate surface area is 159 Å². The van der Waals surface area contributed by atoms with E-state index in [-0.39, 0.29) is 41.1 Å². The summed E-state index contributed by atoms with van der Waals surface area (Å²) in [5.41, 5.74) is 6.72. The summed E-state index contributed by atoms with van der Waals surface area (Å²) in [4.78, 5) is 24.0. The molecule has 0 fully saturated rings. The Hall–Kier alpha value is -3.43. The molecule has 1 aromatic carbocycles. The molecule has 0 bridgehead atoms. The molecule has 0 aliphatic heterocycles. The lowest BCUT2D eigenvalue weighted by molar-refractivity contribution is 0.0595. The van der Waals surface area contributed by atoms with Crippen molar-refractivity contribution in [1.82, 2.24) is 19.5 Å². The van der Waals surface area contributed by atoms with Gasteiger partial charge in [0.2, 0.25) is 0 Å². The molecule has 0 aliphatic carbocycles. The predicted molar refractivity (Wildman–Crippen MR) is 98.6 cm³/mol. The number of benzene rings is 1. The maximum Gasteiger partial charge on any atom is 0.340 e. The van der Waals surface area contributed by atoms with Gasteiger partial charge in [-0.2, -0.15) is 15.0 Å². The van der Waals surface area contributed by atoms with Crippen molar-refractivity contribution in [2.75, 3.05) is 19.5 Å². The largest absolute Gasteiger partial charge is 0.480 e. The average molecular weight is 389 g/mol. The number of rotatable bonds is 7. The highest BCUT2D eigenvalue weighted by atomic mass is 19.1. The first-order valence-electron chi connectivity index (χ1n) is 8.66. The lowest BCUT2D eigenvalue weighted by Crippen LogP contribution is -2.08. The Kier molecular flexibility index (Phi) is 5.57. The third-order valence-electron chi connectivity index (χ3n) is 4.09. The number of esters is 1. The molecule has 2 aromatic heterocycles. The number of nitrogen functional groups attached to an aromatic ring is 1. The number of hydrogen-bond acceptors (Lipinski definition) is 8. The van der Waals surface area contributed by atoms with Crippen LogP contribution >= 0.6 is 0 Å². The van der Waals surface area contributed by atoms with E-state index in [1.54, 1.807) is 0 Å². The van der Waals surface area contributed by atoms with Crippen molar-refractivity contribution in [2.45, 2.75) is 26.3 Å². The van der Waals surface area contributed by atoms with E-state index < -0.39 is 11.8 Å². The van der Waals surface area contributed by atoms with Gasteiger partial charge in [0.05, 0.1) is 25.8 Å². The highest BCUT2D eigenvalue weighted by Gasteiger charge is 2.19. The van der Waals surface area contributed by atoms with Crippen LogP contribution in [-0.4, -0.2) is 44.3 Å². The number of nitrogens with zero attached hydrogens (tertiary/aromatic N) is 4. The first-order chi connectivity index (χ1) is 13.4. The minimum Gasteiger partial charge on any atom is -0.480 e. The van der Waals surface area contributed by atoms with Gasteiger partial charge in [-0.15, -0.1) is 0 Å². The van der Waals surface area contributed by atoms with Crippen molar-refractivity contribution in [3.8, 4) is 12.0 Å². The summed E-state index contributed by atoms with van der Waals surface area (Å²) in [6, 6.07) is 3.71. The Morgan fingerprint density at radius 2 is 2.11 bits per heavy atom. The van der Waals surface area contributed by atoms with Gasteiger partial charge in [0.1, 0.15) is 5.82 Å². The predicted octanol–water partition coefficient (Wildman–Crippen LogP) is 2.27. The molecule has 3 rings (SSSR count). The van der Waals surface area contributed by atoms with Crippen LogP contribution < -0.4 is 10.5 Å². The van der Waals surface area contributed by atoms with Crippen LogP contribution in [0.1, 0.15) is 35.7 Å². The standard InChI is InChI=1S/C18H20FN5O4/c1-3-4-7-28-17-22-14(20)13-15(23-17)24(18(26)21-13)9-10-5-6-12(19)11(8-10)16(25)27-2/h5-6,8H,3-4,7,9H2,1-2H3,(H,21,26)(H2,20,22,23). The van der Waals surface area contributed by atoms with Crippen molar-refractivity contribution in [3.63, 3.8) is 0 Å². The second kappa shape index (κ2) is 8.07. The molecule has 0 spiro atoms. The van der Waals surface area contributed by atoms with Gasteiger partial charge in [0, 0.05) is 0 Å². The fourth-order valence-electron chi connectivity index (χ4n) is 2.63. The van der Waals surface area contributed by atoms with E-state index in [1.807, 2.05) is 6.92 Å². The van der Waals surface area contributed by atoms with Gasteiger partial charge in [-0.05, 0) is 24.1 Å². The second-order valence-electron chi connectivity index (χ2n) is 6.07. The summed E-state index contributed by atoms with van der Waals surface area (Å²) < 4.78 is 25.3. The first kappa shape index (κ1) is 19.3. The first-order valence-corrected chi connectivity index (χ1v) is 8.66. The maximum absolute atomic E-state index is 13.8. The summed E-state index contributed by atoms with van der Waals surface area (Å²) in [5.74, 6) is -1.43. The molecular formula is C18H20FN5O4. The van der Waals surface area contributed by atoms with Gasteiger partial charge in [0.15, 0.2) is 17.0 Å². The van der Waals surface area contributed by atoms with Crippen molar-refractivity contribution < 1.29 is 23.8 Å². The third-order valence-corrected chi connectivity index (χ3v) is 4.09. The molecule has 0 radical (unpaired) electrons. The minimum absolute atomic E-state index is 0.0669. The average Bonchev–Trinajstić information content (AvgIpc) is 2.99.